The Morgan fingerprint density at radius 2 is 2.35 bits per heavy atom. The largest absolute Gasteiger partial charge is 0.481 e. The lowest BCUT2D eigenvalue weighted by atomic mass is 9.89. The van der Waals surface area contributed by atoms with E-state index in [1.807, 2.05) is 12.1 Å². The van der Waals surface area contributed by atoms with Gasteiger partial charge in [0, 0.05) is 0 Å². The van der Waals surface area contributed by atoms with Crippen LogP contribution in [0.4, 0.5) is 0 Å². The van der Waals surface area contributed by atoms with E-state index in [1.54, 1.807) is 13.0 Å². The number of nitrogens with two attached hydrogens (primary N) is 1. The van der Waals surface area contributed by atoms with E-state index in [2.05, 4.69) is 0 Å². The highest BCUT2D eigenvalue weighted by Gasteiger charge is 2.19. The molecule has 3 N–H and O–H groups in total. The molecule has 1 aliphatic carbocycles. The summed E-state index contributed by atoms with van der Waals surface area (Å²) in [6.45, 7) is 1.61. The maximum atomic E-state index is 10.9. The van der Waals surface area contributed by atoms with E-state index < -0.39 is 18.1 Å². The minimum atomic E-state index is -0.659. The van der Waals surface area contributed by atoms with E-state index in [0.29, 0.717) is 5.75 Å². The first-order valence-corrected chi connectivity index (χ1v) is 5.85. The van der Waals surface area contributed by atoms with Crippen molar-refractivity contribution in [1.82, 2.24) is 0 Å². The molecule has 0 saturated heterocycles. The molecule has 4 nitrogen and oxygen atoms in total. The van der Waals surface area contributed by atoms with E-state index in [9.17, 15) is 9.90 Å². The average Bonchev–Trinajstić information content (AvgIpc) is 2.30. The molecule has 2 unspecified atom stereocenters. The second kappa shape index (κ2) is 4.75. The highest BCUT2D eigenvalue weighted by molar-refractivity contribution is 5.78. The summed E-state index contributed by atoms with van der Waals surface area (Å²) >= 11 is 0. The Kier molecular flexibility index (Phi) is 3.33. The van der Waals surface area contributed by atoms with Gasteiger partial charge in [0.15, 0.2) is 6.10 Å². The Morgan fingerprint density at radius 3 is 3.06 bits per heavy atom. The predicted molar refractivity (Wildman–Crippen MR) is 63.6 cm³/mol. The number of ether oxygens (including phenoxy) is 1. The number of carbonyl (C=O) groups is 1. The molecule has 0 bridgehead atoms. The number of benzene rings is 1. The minimum absolute atomic E-state index is 0.425. The van der Waals surface area contributed by atoms with Crippen molar-refractivity contribution in [2.24, 2.45) is 5.73 Å². The zero-order valence-corrected chi connectivity index (χ0v) is 9.85. The molecule has 1 amide bonds. The van der Waals surface area contributed by atoms with Crippen LogP contribution in [0.25, 0.3) is 0 Å². The molecule has 1 aromatic carbocycles. The zero-order chi connectivity index (χ0) is 12.4. The Labute approximate surface area is 100 Å². The predicted octanol–water partition coefficient (Wildman–Crippen LogP) is 1.31. The van der Waals surface area contributed by atoms with Crippen molar-refractivity contribution < 1.29 is 14.6 Å². The lowest BCUT2D eigenvalue weighted by Gasteiger charge is -2.22. The Hall–Kier alpha value is -1.55. The van der Waals surface area contributed by atoms with E-state index in [0.717, 1.165) is 30.4 Å². The van der Waals surface area contributed by atoms with Crippen LogP contribution < -0.4 is 10.5 Å². The molecule has 4 heteroatoms. The number of hydrogen-bond acceptors (Lipinski definition) is 3. The molecule has 0 spiro atoms. The fourth-order valence-electron chi connectivity index (χ4n) is 2.09. The third kappa shape index (κ3) is 2.58. The molecule has 0 aromatic heterocycles. The lowest BCUT2D eigenvalue weighted by Crippen LogP contribution is -2.30. The van der Waals surface area contributed by atoms with Gasteiger partial charge in [0.2, 0.25) is 0 Å². The van der Waals surface area contributed by atoms with Crippen molar-refractivity contribution in [3.8, 4) is 5.75 Å². The number of rotatable bonds is 3. The summed E-state index contributed by atoms with van der Waals surface area (Å²) in [5.41, 5.74) is 7.20. The Morgan fingerprint density at radius 1 is 1.59 bits per heavy atom. The second-order valence-corrected chi connectivity index (χ2v) is 4.43. The maximum Gasteiger partial charge on any atom is 0.258 e. The van der Waals surface area contributed by atoms with Gasteiger partial charge >= 0.3 is 0 Å². The molecule has 0 aliphatic heterocycles. The van der Waals surface area contributed by atoms with Crippen LogP contribution in [0.5, 0.6) is 5.75 Å². The molecule has 1 aromatic rings. The summed E-state index contributed by atoms with van der Waals surface area (Å²) in [5.74, 6) is 0.0827. The number of amides is 1. The van der Waals surface area contributed by atoms with Crippen molar-refractivity contribution >= 4 is 5.91 Å². The maximum absolute atomic E-state index is 10.9. The minimum Gasteiger partial charge on any atom is -0.481 e. The van der Waals surface area contributed by atoms with Gasteiger partial charge in [-0.1, -0.05) is 6.07 Å². The smallest absolute Gasteiger partial charge is 0.258 e. The van der Waals surface area contributed by atoms with Gasteiger partial charge in [-0.25, -0.2) is 0 Å². The van der Waals surface area contributed by atoms with Crippen LogP contribution in [-0.4, -0.2) is 17.1 Å². The number of fused-ring (bicyclic) bond motifs is 1. The van der Waals surface area contributed by atoms with Crippen LogP contribution in [0.15, 0.2) is 18.2 Å². The van der Waals surface area contributed by atoms with Crippen LogP contribution in [0, 0.1) is 0 Å². The standard InChI is InChI=1S/C13H17NO3/c1-8(13(14)16)17-10-6-5-9-3-2-4-12(15)11(9)7-10/h5-8,12,15H,2-4H2,1H3,(H2,14,16). The number of carbonyl (C=O) groups excluding carboxylic acids is 1. The van der Waals surface area contributed by atoms with E-state index in [-0.39, 0.29) is 0 Å². The summed E-state index contributed by atoms with van der Waals surface area (Å²) in [4.78, 5) is 10.9. The SMILES string of the molecule is CC(Oc1ccc2c(c1)C(O)CCC2)C(N)=O. The molecule has 1 aliphatic rings. The van der Waals surface area contributed by atoms with Gasteiger partial charge in [0.1, 0.15) is 5.75 Å². The second-order valence-electron chi connectivity index (χ2n) is 4.43. The summed E-state index contributed by atoms with van der Waals surface area (Å²) in [6, 6.07) is 5.57. The molecule has 2 atom stereocenters. The summed E-state index contributed by atoms with van der Waals surface area (Å²) in [7, 11) is 0. The van der Waals surface area contributed by atoms with Gasteiger partial charge in [-0.15, -0.1) is 0 Å². The fraction of sp³-hybridized carbons (Fsp3) is 0.462. The van der Waals surface area contributed by atoms with Crippen molar-refractivity contribution in [1.29, 1.82) is 0 Å². The summed E-state index contributed by atoms with van der Waals surface area (Å²) < 4.78 is 5.40. The molecular weight excluding hydrogens is 218 g/mol. The number of aliphatic hydroxyl groups is 1. The van der Waals surface area contributed by atoms with Gasteiger partial charge in [-0.3, -0.25) is 4.79 Å². The van der Waals surface area contributed by atoms with Crippen LogP contribution in [0.2, 0.25) is 0 Å². The number of aliphatic hydroxyl groups excluding tert-OH is 1. The van der Waals surface area contributed by atoms with Gasteiger partial charge < -0.3 is 15.6 Å². The summed E-state index contributed by atoms with van der Waals surface area (Å²) in [6.07, 6.45) is 1.69. The van der Waals surface area contributed by atoms with Crippen molar-refractivity contribution in [2.45, 2.75) is 38.4 Å². The van der Waals surface area contributed by atoms with Gasteiger partial charge in [0.25, 0.3) is 5.91 Å². The van der Waals surface area contributed by atoms with Crippen LogP contribution in [-0.2, 0) is 11.2 Å². The first-order valence-electron chi connectivity index (χ1n) is 5.85. The average molecular weight is 235 g/mol. The van der Waals surface area contributed by atoms with Crippen molar-refractivity contribution in [2.75, 3.05) is 0 Å². The third-order valence-electron chi connectivity index (χ3n) is 3.11. The van der Waals surface area contributed by atoms with Crippen LogP contribution in [0.1, 0.15) is 37.0 Å². The topological polar surface area (TPSA) is 72.6 Å². The van der Waals surface area contributed by atoms with Gasteiger partial charge in [0.05, 0.1) is 6.10 Å². The van der Waals surface area contributed by atoms with Crippen molar-refractivity contribution in [3.05, 3.63) is 29.3 Å². The first-order chi connectivity index (χ1) is 8.08. The van der Waals surface area contributed by atoms with E-state index >= 15 is 0 Å². The molecule has 0 heterocycles. The monoisotopic (exact) mass is 235 g/mol. The molecule has 0 fully saturated rings. The van der Waals surface area contributed by atoms with Crippen LogP contribution in [0.3, 0.4) is 0 Å². The molecule has 0 saturated carbocycles. The van der Waals surface area contributed by atoms with Crippen molar-refractivity contribution in [3.63, 3.8) is 0 Å². The van der Waals surface area contributed by atoms with Gasteiger partial charge in [-0.2, -0.15) is 0 Å². The zero-order valence-electron chi connectivity index (χ0n) is 9.85. The van der Waals surface area contributed by atoms with Gasteiger partial charge in [-0.05, 0) is 49.4 Å². The van der Waals surface area contributed by atoms with E-state index in [1.165, 1.54) is 0 Å². The highest BCUT2D eigenvalue weighted by Crippen LogP contribution is 2.32. The molecule has 92 valence electrons. The number of primary amides is 1. The molecule has 2 rings (SSSR count). The quantitative estimate of drug-likeness (QED) is 0.829. The third-order valence-corrected chi connectivity index (χ3v) is 3.11. The Bertz CT molecular complexity index is 431. The molecule has 0 radical (unpaired) electrons. The highest BCUT2D eigenvalue weighted by atomic mass is 16.5. The van der Waals surface area contributed by atoms with Crippen LogP contribution >= 0.6 is 0 Å². The fourth-order valence-corrected chi connectivity index (χ4v) is 2.09. The normalized spacial score (nSPS) is 20.5. The molecular formula is C13H17NO3. The molecule has 17 heavy (non-hydrogen) atoms. The Balaban J connectivity index is 2.20. The number of hydrogen-bond donors (Lipinski definition) is 2. The summed E-state index contributed by atoms with van der Waals surface area (Å²) in [5, 5.41) is 9.88. The first kappa shape index (κ1) is 11.9. The lowest BCUT2D eigenvalue weighted by molar-refractivity contribution is -0.123. The van der Waals surface area contributed by atoms with E-state index in [4.69, 9.17) is 10.5 Å². The number of aryl methyl sites for hydroxylation is 1.